The van der Waals surface area contributed by atoms with Gasteiger partial charge in [-0.15, -0.1) is 0 Å². The highest BCUT2D eigenvalue weighted by Gasteiger charge is 2.22. The van der Waals surface area contributed by atoms with E-state index in [9.17, 15) is 18.0 Å². The summed E-state index contributed by atoms with van der Waals surface area (Å²) < 4.78 is 32.3. The summed E-state index contributed by atoms with van der Waals surface area (Å²) in [4.78, 5) is 24.9. The fourth-order valence-electron chi connectivity index (χ4n) is 3.07. The molecule has 0 fully saturated rings. The third-order valence-corrected chi connectivity index (χ3v) is 6.87. The van der Waals surface area contributed by atoms with E-state index in [0.717, 1.165) is 0 Å². The quantitative estimate of drug-likeness (QED) is 0.493. The maximum absolute atomic E-state index is 12.7. The second-order valence-electron chi connectivity index (χ2n) is 6.96. The Morgan fingerprint density at radius 2 is 1.33 bits per heavy atom. The Hall–Kier alpha value is -3.69. The average Bonchev–Trinajstić information content (AvgIpc) is 2.84. The number of hydrogen-bond acceptors (Lipinski definition) is 5. The van der Waals surface area contributed by atoms with Gasteiger partial charge in [0, 0.05) is 24.2 Å². The molecule has 0 radical (unpaired) electrons. The summed E-state index contributed by atoms with van der Waals surface area (Å²) in [5.74, 6) is 0.0747. The minimum Gasteiger partial charge on any atom is -0.457 e. The SMILES string of the molecule is CCN(CC)S(=O)(=O)c1cccc(C(=O)NNC(=O)c2ccc(Oc3ccccc3)cc2)c1. The van der Waals surface area contributed by atoms with Gasteiger partial charge in [0.15, 0.2) is 0 Å². The van der Waals surface area contributed by atoms with Crippen LogP contribution in [0.15, 0.2) is 83.8 Å². The minimum atomic E-state index is -3.70. The van der Waals surface area contributed by atoms with Crippen molar-refractivity contribution in [2.24, 2.45) is 0 Å². The first kappa shape index (κ1) is 24.0. The number of ether oxygens (including phenoxy) is 1. The number of carbonyl (C=O) groups is 2. The number of hydrazine groups is 1. The van der Waals surface area contributed by atoms with Crippen molar-refractivity contribution in [1.82, 2.24) is 15.2 Å². The number of amides is 2. The summed E-state index contributed by atoms with van der Waals surface area (Å²) in [6, 6.07) is 21.3. The molecule has 0 aromatic heterocycles. The molecule has 33 heavy (non-hydrogen) atoms. The number of hydrogen-bond donors (Lipinski definition) is 2. The fraction of sp³-hybridized carbons (Fsp3) is 0.167. The zero-order chi connectivity index (χ0) is 23.8. The van der Waals surface area contributed by atoms with E-state index in [1.54, 1.807) is 38.1 Å². The summed E-state index contributed by atoms with van der Waals surface area (Å²) in [6.07, 6.45) is 0. The van der Waals surface area contributed by atoms with Crippen molar-refractivity contribution >= 4 is 21.8 Å². The topological polar surface area (TPSA) is 105 Å². The monoisotopic (exact) mass is 467 g/mol. The van der Waals surface area contributed by atoms with Crippen molar-refractivity contribution in [2.45, 2.75) is 18.7 Å². The van der Waals surface area contributed by atoms with E-state index in [1.165, 1.54) is 28.6 Å². The molecule has 0 unspecified atom stereocenters. The van der Waals surface area contributed by atoms with E-state index in [0.29, 0.717) is 30.2 Å². The highest BCUT2D eigenvalue weighted by Crippen LogP contribution is 2.21. The van der Waals surface area contributed by atoms with Crippen molar-refractivity contribution in [1.29, 1.82) is 0 Å². The molecule has 0 saturated carbocycles. The van der Waals surface area contributed by atoms with Gasteiger partial charge in [-0.25, -0.2) is 8.42 Å². The zero-order valence-electron chi connectivity index (χ0n) is 18.3. The van der Waals surface area contributed by atoms with E-state index in [2.05, 4.69) is 10.9 Å². The second kappa shape index (κ2) is 10.8. The van der Waals surface area contributed by atoms with Crippen molar-refractivity contribution < 1.29 is 22.7 Å². The number of nitrogens with one attached hydrogen (secondary N) is 2. The van der Waals surface area contributed by atoms with Crippen LogP contribution in [0.1, 0.15) is 34.6 Å². The molecule has 0 heterocycles. The molecule has 0 saturated heterocycles. The van der Waals surface area contributed by atoms with E-state index in [1.807, 2.05) is 30.3 Å². The Morgan fingerprint density at radius 1 is 0.758 bits per heavy atom. The van der Waals surface area contributed by atoms with Gasteiger partial charge in [0.25, 0.3) is 11.8 Å². The first-order valence-corrected chi connectivity index (χ1v) is 11.8. The lowest BCUT2D eigenvalue weighted by Crippen LogP contribution is -2.41. The number of benzene rings is 3. The van der Waals surface area contributed by atoms with Gasteiger partial charge in [-0.3, -0.25) is 20.4 Å². The third kappa shape index (κ3) is 5.97. The van der Waals surface area contributed by atoms with Gasteiger partial charge in [-0.1, -0.05) is 38.1 Å². The van der Waals surface area contributed by atoms with Crippen LogP contribution in [0, 0.1) is 0 Å². The third-order valence-electron chi connectivity index (χ3n) is 4.82. The molecule has 3 aromatic rings. The van der Waals surface area contributed by atoms with Crippen LogP contribution in [0.3, 0.4) is 0 Å². The van der Waals surface area contributed by atoms with Gasteiger partial charge in [-0.2, -0.15) is 4.31 Å². The highest BCUT2D eigenvalue weighted by atomic mass is 32.2. The molecule has 0 spiro atoms. The summed E-state index contributed by atoms with van der Waals surface area (Å²) in [5, 5.41) is 0. The standard InChI is InChI=1S/C24H25N3O5S/c1-3-27(4-2)33(30,31)22-12-8-9-19(17-22)24(29)26-25-23(28)18-13-15-21(16-14-18)32-20-10-6-5-7-11-20/h5-17H,3-4H2,1-2H3,(H,25,28)(H,26,29). The Morgan fingerprint density at radius 3 is 1.94 bits per heavy atom. The average molecular weight is 468 g/mol. The maximum Gasteiger partial charge on any atom is 0.269 e. The number of carbonyl (C=O) groups excluding carboxylic acids is 2. The normalized spacial score (nSPS) is 11.1. The van der Waals surface area contributed by atoms with Crippen molar-refractivity contribution in [3.63, 3.8) is 0 Å². The van der Waals surface area contributed by atoms with Crippen molar-refractivity contribution in [3.8, 4) is 11.5 Å². The molecule has 3 aromatic carbocycles. The van der Waals surface area contributed by atoms with Gasteiger partial charge in [0.1, 0.15) is 11.5 Å². The van der Waals surface area contributed by atoms with E-state index >= 15 is 0 Å². The predicted molar refractivity (Wildman–Crippen MR) is 124 cm³/mol. The smallest absolute Gasteiger partial charge is 0.269 e. The molecule has 0 aliphatic rings. The molecule has 0 aliphatic carbocycles. The molecule has 0 aliphatic heterocycles. The summed E-state index contributed by atoms with van der Waals surface area (Å²) in [7, 11) is -3.70. The van der Waals surface area contributed by atoms with Crippen LogP contribution in [-0.4, -0.2) is 37.6 Å². The lowest BCUT2D eigenvalue weighted by molar-refractivity contribution is 0.0846. The Balaban J connectivity index is 1.62. The van der Waals surface area contributed by atoms with Gasteiger partial charge in [-0.05, 0) is 54.6 Å². The summed E-state index contributed by atoms with van der Waals surface area (Å²) >= 11 is 0. The lowest BCUT2D eigenvalue weighted by atomic mass is 10.2. The molecule has 172 valence electrons. The molecule has 9 heteroatoms. The second-order valence-corrected chi connectivity index (χ2v) is 8.90. The van der Waals surface area contributed by atoms with E-state index in [4.69, 9.17) is 4.74 Å². The molecule has 3 rings (SSSR count). The van der Waals surface area contributed by atoms with Crippen LogP contribution >= 0.6 is 0 Å². The van der Waals surface area contributed by atoms with Gasteiger partial charge < -0.3 is 4.74 Å². The lowest BCUT2D eigenvalue weighted by Gasteiger charge is -2.18. The summed E-state index contributed by atoms with van der Waals surface area (Å²) in [5.41, 5.74) is 5.06. The predicted octanol–water partition coefficient (Wildman–Crippen LogP) is 3.58. The molecule has 0 bridgehead atoms. The van der Waals surface area contributed by atoms with Crippen molar-refractivity contribution in [2.75, 3.05) is 13.1 Å². The summed E-state index contributed by atoms with van der Waals surface area (Å²) in [6.45, 7) is 4.13. The molecule has 2 amide bonds. The van der Waals surface area contributed by atoms with Crippen LogP contribution in [-0.2, 0) is 10.0 Å². The number of nitrogens with zero attached hydrogens (tertiary/aromatic N) is 1. The maximum atomic E-state index is 12.7. The van der Waals surface area contributed by atoms with Gasteiger partial charge >= 0.3 is 0 Å². The van der Waals surface area contributed by atoms with Crippen LogP contribution in [0.5, 0.6) is 11.5 Å². The molecular weight excluding hydrogens is 442 g/mol. The molecule has 2 N–H and O–H groups in total. The Labute approximate surface area is 193 Å². The fourth-order valence-corrected chi connectivity index (χ4v) is 4.57. The van der Waals surface area contributed by atoms with Crippen LogP contribution in [0.25, 0.3) is 0 Å². The van der Waals surface area contributed by atoms with Gasteiger partial charge in [0.05, 0.1) is 4.90 Å². The highest BCUT2D eigenvalue weighted by molar-refractivity contribution is 7.89. The minimum absolute atomic E-state index is 0.0131. The number of sulfonamides is 1. The van der Waals surface area contributed by atoms with Gasteiger partial charge in [0.2, 0.25) is 10.0 Å². The number of para-hydroxylation sites is 1. The van der Waals surface area contributed by atoms with Crippen molar-refractivity contribution in [3.05, 3.63) is 90.0 Å². The van der Waals surface area contributed by atoms with E-state index in [-0.39, 0.29) is 10.5 Å². The number of rotatable bonds is 8. The largest absolute Gasteiger partial charge is 0.457 e. The Bertz CT molecular complexity index is 1210. The molecule has 0 atom stereocenters. The first-order valence-electron chi connectivity index (χ1n) is 10.4. The molecule has 8 nitrogen and oxygen atoms in total. The zero-order valence-corrected chi connectivity index (χ0v) is 19.1. The van der Waals surface area contributed by atoms with E-state index < -0.39 is 21.8 Å². The van der Waals surface area contributed by atoms with Crippen LogP contribution in [0.4, 0.5) is 0 Å². The van der Waals surface area contributed by atoms with Crippen LogP contribution in [0.2, 0.25) is 0 Å². The molecular formula is C24H25N3O5S. The van der Waals surface area contributed by atoms with Crippen LogP contribution < -0.4 is 15.6 Å². The Kier molecular flexibility index (Phi) is 7.81. The first-order chi connectivity index (χ1) is 15.8.